The summed E-state index contributed by atoms with van der Waals surface area (Å²) < 4.78 is 1.67. The van der Waals surface area contributed by atoms with Gasteiger partial charge in [0, 0.05) is 37.4 Å². The normalized spacial score (nSPS) is 11.4. The number of rotatable bonds is 2. The summed E-state index contributed by atoms with van der Waals surface area (Å²) in [5, 5.41) is 2.62. The van der Waals surface area contributed by atoms with Crippen molar-refractivity contribution in [3.8, 4) is 0 Å². The van der Waals surface area contributed by atoms with E-state index in [1.165, 1.54) is 6.20 Å². The quantitative estimate of drug-likeness (QED) is 0.874. The molecule has 0 aromatic carbocycles. The van der Waals surface area contributed by atoms with Crippen LogP contribution in [0, 0.1) is 0 Å². The highest BCUT2D eigenvalue weighted by Gasteiger charge is 2.22. The Bertz CT molecular complexity index is 692. The minimum absolute atomic E-state index is 0.0837. The van der Waals surface area contributed by atoms with Crippen LogP contribution in [0.1, 0.15) is 36.7 Å². The standard InChI is InChI=1S/C14H18N4O2/c1-14(2,3)10-8-15-7-9(11(10)19)12(20)17-13-16-5-6-18(13)4/h5-8H,1-4H3,(H,15,19)(H,16,17,20). The summed E-state index contributed by atoms with van der Waals surface area (Å²) in [6.45, 7) is 5.79. The van der Waals surface area contributed by atoms with E-state index in [-0.39, 0.29) is 16.4 Å². The van der Waals surface area contributed by atoms with Crippen molar-refractivity contribution in [1.29, 1.82) is 0 Å². The highest BCUT2D eigenvalue weighted by atomic mass is 16.2. The minimum atomic E-state index is -0.466. The van der Waals surface area contributed by atoms with E-state index >= 15 is 0 Å². The second-order valence-corrected chi connectivity index (χ2v) is 5.68. The molecule has 0 radical (unpaired) electrons. The van der Waals surface area contributed by atoms with Gasteiger partial charge in [-0.15, -0.1) is 0 Å². The van der Waals surface area contributed by atoms with E-state index in [1.807, 2.05) is 20.8 Å². The number of aromatic nitrogens is 3. The van der Waals surface area contributed by atoms with Gasteiger partial charge in [-0.25, -0.2) is 4.98 Å². The molecule has 6 heteroatoms. The molecule has 2 heterocycles. The lowest BCUT2D eigenvalue weighted by atomic mass is 9.87. The first-order chi connectivity index (χ1) is 9.30. The Labute approximate surface area is 116 Å². The van der Waals surface area contributed by atoms with Gasteiger partial charge in [-0.05, 0) is 5.41 Å². The maximum Gasteiger partial charge on any atom is 0.263 e. The molecule has 0 aliphatic carbocycles. The van der Waals surface area contributed by atoms with Crippen molar-refractivity contribution < 1.29 is 4.79 Å². The van der Waals surface area contributed by atoms with Crippen LogP contribution in [0.2, 0.25) is 0 Å². The van der Waals surface area contributed by atoms with Crippen LogP contribution >= 0.6 is 0 Å². The van der Waals surface area contributed by atoms with E-state index in [0.717, 1.165) is 0 Å². The largest absolute Gasteiger partial charge is 0.366 e. The van der Waals surface area contributed by atoms with Crippen molar-refractivity contribution in [3.63, 3.8) is 0 Å². The monoisotopic (exact) mass is 274 g/mol. The van der Waals surface area contributed by atoms with E-state index in [9.17, 15) is 9.59 Å². The summed E-state index contributed by atoms with van der Waals surface area (Å²) in [5.41, 5.74) is 0.0704. The molecule has 2 N–H and O–H groups in total. The predicted molar refractivity (Wildman–Crippen MR) is 76.9 cm³/mol. The Morgan fingerprint density at radius 2 is 2.05 bits per heavy atom. The van der Waals surface area contributed by atoms with Crippen LogP contribution in [0.3, 0.4) is 0 Å². The van der Waals surface area contributed by atoms with Crippen LogP contribution in [0.25, 0.3) is 0 Å². The van der Waals surface area contributed by atoms with Gasteiger partial charge < -0.3 is 9.55 Å². The maximum absolute atomic E-state index is 12.4. The van der Waals surface area contributed by atoms with Gasteiger partial charge in [0.25, 0.3) is 5.91 Å². The summed E-state index contributed by atoms with van der Waals surface area (Å²) in [6.07, 6.45) is 6.34. The van der Waals surface area contributed by atoms with E-state index < -0.39 is 5.91 Å². The van der Waals surface area contributed by atoms with Crippen LogP contribution in [-0.2, 0) is 12.5 Å². The van der Waals surface area contributed by atoms with Crippen molar-refractivity contribution in [2.75, 3.05) is 5.32 Å². The zero-order valence-electron chi connectivity index (χ0n) is 12.0. The van der Waals surface area contributed by atoms with Gasteiger partial charge in [0.05, 0.1) is 0 Å². The lowest BCUT2D eigenvalue weighted by molar-refractivity contribution is 0.102. The number of pyridine rings is 1. The number of H-pyrrole nitrogens is 1. The number of imidazole rings is 1. The molecular weight excluding hydrogens is 256 g/mol. The van der Waals surface area contributed by atoms with Crippen LogP contribution in [0.15, 0.2) is 29.6 Å². The highest BCUT2D eigenvalue weighted by molar-refractivity contribution is 6.03. The lowest BCUT2D eigenvalue weighted by Crippen LogP contribution is -2.30. The van der Waals surface area contributed by atoms with Gasteiger partial charge in [0.15, 0.2) is 5.43 Å². The molecule has 106 valence electrons. The number of aromatic amines is 1. The van der Waals surface area contributed by atoms with Crippen molar-refractivity contribution in [1.82, 2.24) is 14.5 Å². The Hall–Kier alpha value is -2.37. The van der Waals surface area contributed by atoms with Crippen molar-refractivity contribution >= 4 is 11.9 Å². The number of nitrogens with zero attached hydrogens (tertiary/aromatic N) is 2. The zero-order chi connectivity index (χ0) is 14.9. The number of anilines is 1. The summed E-state index contributed by atoms with van der Waals surface area (Å²) in [7, 11) is 1.76. The molecule has 2 aromatic heterocycles. The SMILES string of the molecule is Cn1ccnc1NC(=O)c1c[nH]cc(C(C)(C)C)c1=O. The van der Waals surface area contributed by atoms with Gasteiger partial charge in [0.2, 0.25) is 5.95 Å². The Morgan fingerprint density at radius 1 is 1.35 bits per heavy atom. The van der Waals surface area contributed by atoms with E-state index in [2.05, 4.69) is 15.3 Å². The predicted octanol–water partition coefficient (Wildman–Crippen LogP) is 1.66. The van der Waals surface area contributed by atoms with Crippen LogP contribution in [-0.4, -0.2) is 20.4 Å². The minimum Gasteiger partial charge on any atom is -0.366 e. The molecule has 1 amide bonds. The number of amides is 1. The zero-order valence-corrected chi connectivity index (χ0v) is 12.0. The van der Waals surface area contributed by atoms with Crippen LogP contribution in [0.4, 0.5) is 5.95 Å². The number of nitrogens with one attached hydrogen (secondary N) is 2. The van der Waals surface area contributed by atoms with Crippen molar-refractivity contribution in [2.24, 2.45) is 7.05 Å². The average molecular weight is 274 g/mol. The number of hydrogen-bond acceptors (Lipinski definition) is 3. The van der Waals surface area contributed by atoms with Crippen molar-refractivity contribution in [2.45, 2.75) is 26.2 Å². The Morgan fingerprint density at radius 3 is 2.60 bits per heavy atom. The van der Waals surface area contributed by atoms with E-state index in [4.69, 9.17) is 0 Å². The van der Waals surface area contributed by atoms with Gasteiger partial charge in [-0.3, -0.25) is 14.9 Å². The number of aryl methyl sites for hydroxylation is 1. The van der Waals surface area contributed by atoms with Gasteiger partial charge in [0.1, 0.15) is 5.56 Å². The van der Waals surface area contributed by atoms with Gasteiger partial charge in [-0.2, -0.15) is 0 Å². The fourth-order valence-corrected chi connectivity index (χ4v) is 1.87. The maximum atomic E-state index is 12.4. The van der Waals surface area contributed by atoms with E-state index in [0.29, 0.717) is 11.5 Å². The summed E-state index contributed by atoms with van der Waals surface area (Å²) in [5.74, 6) is -0.0674. The molecule has 0 saturated carbocycles. The summed E-state index contributed by atoms with van der Waals surface area (Å²) in [4.78, 5) is 31.4. The second kappa shape index (κ2) is 4.96. The molecule has 0 fully saturated rings. The third-order valence-electron chi connectivity index (χ3n) is 3.04. The molecule has 0 unspecified atom stereocenters. The summed E-state index contributed by atoms with van der Waals surface area (Å²) in [6, 6.07) is 0. The first kappa shape index (κ1) is 14.0. The number of carbonyl (C=O) groups is 1. The lowest BCUT2D eigenvalue weighted by Gasteiger charge is -2.18. The molecule has 20 heavy (non-hydrogen) atoms. The molecule has 6 nitrogen and oxygen atoms in total. The third-order valence-corrected chi connectivity index (χ3v) is 3.04. The van der Waals surface area contributed by atoms with Crippen LogP contribution in [0.5, 0.6) is 0 Å². The smallest absolute Gasteiger partial charge is 0.263 e. The van der Waals surface area contributed by atoms with Gasteiger partial charge >= 0.3 is 0 Å². The molecule has 0 aliphatic rings. The first-order valence-electron chi connectivity index (χ1n) is 6.31. The fraction of sp³-hybridized carbons (Fsp3) is 0.357. The van der Waals surface area contributed by atoms with Gasteiger partial charge in [-0.1, -0.05) is 20.8 Å². The van der Waals surface area contributed by atoms with Crippen LogP contribution < -0.4 is 10.7 Å². The molecule has 0 atom stereocenters. The third kappa shape index (κ3) is 2.64. The molecule has 2 aromatic rings. The number of carbonyl (C=O) groups excluding carboxylic acids is 1. The average Bonchev–Trinajstić information content (AvgIpc) is 2.73. The topological polar surface area (TPSA) is 79.8 Å². The molecule has 0 bridgehead atoms. The Balaban J connectivity index is 2.37. The van der Waals surface area contributed by atoms with E-state index in [1.54, 1.807) is 30.2 Å². The molecule has 0 saturated heterocycles. The molecular formula is C14H18N4O2. The molecule has 0 spiro atoms. The molecule has 2 rings (SSSR count). The summed E-state index contributed by atoms with van der Waals surface area (Å²) >= 11 is 0. The number of hydrogen-bond donors (Lipinski definition) is 2. The molecule has 0 aliphatic heterocycles. The fourth-order valence-electron chi connectivity index (χ4n) is 1.87. The first-order valence-corrected chi connectivity index (χ1v) is 6.31. The second-order valence-electron chi connectivity index (χ2n) is 5.68. The Kier molecular flexibility index (Phi) is 3.48. The van der Waals surface area contributed by atoms with Crippen molar-refractivity contribution in [3.05, 3.63) is 46.1 Å². The highest BCUT2D eigenvalue weighted by Crippen LogP contribution is 2.18.